The van der Waals surface area contributed by atoms with Crippen molar-refractivity contribution in [1.29, 1.82) is 0 Å². The summed E-state index contributed by atoms with van der Waals surface area (Å²) in [5.74, 6) is -0.00892. The Morgan fingerprint density at radius 3 is 2.88 bits per heavy atom. The standard InChI is InChI=1S/C17H21N5O2/c1-11-5-6-13(8-18-11)17(24)22-7-3-4-14(10-22)16-15(9-19-21-16)20-12(2)23/h5-6,8-9,14H,3-4,7,10H2,1-2H3,(H,19,21)(H,20,23). The lowest BCUT2D eigenvalue weighted by Crippen LogP contribution is -2.39. The second kappa shape index (κ2) is 6.82. The number of hydrogen-bond donors (Lipinski definition) is 2. The molecule has 0 spiro atoms. The predicted molar refractivity (Wildman–Crippen MR) is 89.7 cm³/mol. The van der Waals surface area contributed by atoms with Crippen molar-refractivity contribution in [2.75, 3.05) is 18.4 Å². The largest absolute Gasteiger partial charge is 0.338 e. The number of anilines is 1. The van der Waals surface area contributed by atoms with E-state index in [-0.39, 0.29) is 17.7 Å². The van der Waals surface area contributed by atoms with Crippen molar-refractivity contribution in [3.05, 3.63) is 41.5 Å². The summed E-state index contributed by atoms with van der Waals surface area (Å²) in [5.41, 5.74) is 3.07. The number of aryl methyl sites for hydroxylation is 1. The van der Waals surface area contributed by atoms with Crippen LogP contribution in [0.25, 0.3) is 0 Å². The molecule has 1 unspecified atom stereocenters. The van der Waals surface area contributed by atoms with Crippen LogP contribution < -0.4 is 5.32 Å². The molecule has 24 heavy (non-hydrogen) atoms. The maximum atomic E-state index is 12.7. The Balaban J connectivity index is 1.75. The zero-order valence-electron chi connectivity index (χ0n) is 13.9. The van der Waals surface area contributed by atoms with Crippen LogP contribution in [0.1, 0.15) is 47.4 Å². The summed E-state index contributed by atoms with van der Waals surface area (Å²) < 4.78 is 0. The number of likely N-dealkylation sites (tertiary alicyclic amines) is 1. The Morgan fingerprint density at radius 2 is 2.17 bits per heavy atom. The van der Waals surface area contributed by atoms with Crippen LogP contribution in [-0.2, 0) is 4.79 Å². The number of hydrogen-bond acceptors (Lipinski definition) is 4. The molecule has 0 bridgehead atoms. The van der Waals surface area contributed by atoms with Gasteiger partial charge in [-0.1, -0.05) is 0 Å². The van der Waals surface area contributed by atoms with Gasteiger partial charge in [-0.15, -0.1) is 0 Å². The summed E-state index contributed by atoms with van der Waals surface area (Å²) >= 11 is 0. The van der Waals surface area contributed by atoms with E-state index in [4.69, 9.17) is 0 Å². The number of carbonyl (C=O) groups is 2. The Labute approximate surface area is 140 Å². The van der Waals surface area contributed by atoms with E-state index in [1.165, 1.54) is 6.92 Å². The zero-order valence-corrected chi connectivity index (χ0v) is 13.9. The van der Waals surface area contributed by atoms with Crippen LogP contribution in [0, 0.1) is 6.92 Å². The highest BCUT2D eigenvalue weighted by atomic mass is 16.2. The number of nitrogens with zero attached hydrogens (tertiary/aromatic N) is 3. The summed E-state index contributed by atoms with van der Waals surface area (Å²) in [6.07, 6.45) is 5.10. The highest BCUT2D eigenvalue weighted by Crippen LogP contribution is 2.30. The van der Waals surface area contributed by atoms with Gasteiger partial charge >= 0.3 is 0 Å². The van der Waals surface area contributed by atoms with E-state index in [1.54, 1.807) is 12.4 Å². The highest BCUT2D eigenvalue weighted by molar-refractivity contribution is 5.94. The summed E-state index contributed by atoms with van der Waals surface area (Å²) in [6, 6.07) is 3.66. The van der Waals surface area contributed by atoms with E-state index >= 15 is 0 Å². The van der Waals surface area contributed by atoms with Crippen molar-refractivity contribution in [2.45, 2.75) is 32.6 Å². The third-order valence-corrected chi connectivity index (χ3v) is 4.25. The van der Waals surface area contributed by atoms with Gasteiger partial charge in [-0.25, -0.2) is 0 Å². The molecule has 126 valence electrons. The quantitative estimate of drug-likeness (QED) is 0.903. The summed E-state index contributed by atoms with van der Waals surface area (Å²) in [5, 5.41) is 9.79. The molecule has 1 fully saturated rings. The van der Waals surface area contributed by atoms with Crippen molar-refractivity contribution < 1.29 is 9.59 Å². The van der Waals surface area contributed by atoms with E-state index < -0.39 is 0 Å². The molecule has 1 aliphatic heterocycles. The minimum absolute atomic E-state index is 0.00667. The smallest absolute Gasteiger partial charge is 0.255 e. The van der Waals surface area contributed by atoms with Gasteiger partial charge in [0.15, 0.2) is 0 Å². The highest BCUT2D eigenvalue weighted by Gasteiger charge is 2.28. The first-order valence-electron chi connectivity index (χ1n) is 8.07. The average molecular weight is 327 g/mol. The van der Waals surface area contributed by atoms with Crippen LogP contribution in [0.15, 0.2) is 24.5 Å². The molecule has 2 amide bonds. The molecule has 2 aromatic rings. The van der Waals surface area contributed by atoms with Crippen molar-refractivity contribution in [3.63, 3.8) is 0 Å². The molecule has 0 aliphatic carbocycles. The van der Waals surface area contributed by atoms with Gasteiger partial charge in [-0.05, 0) is 31.9 Å². The second-order valence-corrected chi connectivity index (χ2v) is 6.16. The van der Waals surface area contributed by atoms with E-state index in [0.29, 0.717) is 17.8 Å². The maximum absolute atomic E-state index is 12.7. The summed E-state index contributed by atoms with van der Waals surface area (Å²) in [7, 11) is 0. The average Bonchev–Trinajstić information content (AvgIpc) is 3.02. The van der Waals surface area contributed by atoms with E-state index in [1.807, 2.05) is 24.0 Å². The van der Waals surface area contributed by atoms with E-state index in [0.717, 1.165) is 30.8 Å². The Hall–Kier alpha value is -2.70. The molecule has 0 aromatic carbocycles. The zero-order chi connectivity index (χ0) is 17.1. The minimum atomic E-state index is -0.132. The van der Waals surface area contributed by atoms with Crippen molar-refractivity contribution in [3.8, 4) is 0 Å². The Morgan fingerprint density at radius 1 is 1.33 bits per heavy atom. The third kappa shape index (κ3) is 3.45. The Bertz CT molecular complexity index is 738. The van der Waals surface area contributed by atoms with Crippen molar-refractivity contribution >= 4 is 17.5 Å². The van der Waals surface area contributed by atoms with Gasteiger partial charge in [0.2, 0.25) is 5.91 Å². The number of pyridine rings is 1. The topological polar surface area (TPSA) is 91.0 Å². The monoisotopic (exact) mass is 327 g/mol. The minimum Gasteiger partial charge on any atom is -0.338 e. The van der Waals surface area contributed by atoms with Crippen LogP contribution in [0.3, 0.4) is 0 Å². The summed E-state index contributed by atoms with van der Waals surface area (Å²) in [4.78, 5) is 30.0. The van der Waals surface area contributed by atoms with Crippen LogP contribution in [-0.4, -0.2) is 45.0 Å². The lowest BCUT2D eigenvalue weighted by Gasteiger charge is -2.32. The summed E-state index contributed by atoms with van der Waals surface area (Å²) in [6.45, 7) is 4.69. The first-order chi connectivity index (χ1) is 11.5. The number of amides is 2. The van der Waals surface area contributed by atoms with E-state index in [2.05, 4.69) is 20.5 Å². The number of aromatic nitrogens is 3. The van der Waals surface area contributed by atoms with Crippen molar-refractivity contribution in [2.24, 2.45) is 0 Å². The fraction of sp³-hybridized carbons (Fsp3) is 0.412. The molecule has 2 N–H and O–H groups in total. The lowest BCUT2D eigenvalue weighted by molar-refractivity contribution is -0.114. The van der Waals surface area contributed by atoms with Crippen LogP contribution >= 0.6 is 0 Å². The number of rotatable bonds is 3. The first kappa shape index (κ1) is 16.2. The van der Waals surface area contributed by atoms with Gasteiger partial charge in [-0.2, -0.15) is 5.10 Å². The molecule has 3 heterocycles. The van der Waals surface area contributed by atoms with Gasteiger partial charge in [-0.3, -0.25) is 19.7 Å². The van der Waals surface area contributed by atoms with Crippen LogP contribution in [0.4, 0.5) is 5.69 Å². The number of nitrogens with one attached hydrogen (secondary N) is 2. The molecule has 3 rings (SSSR count). The van der Waals surface area contributed by atoms with Gasteiger partial charge in [0, 0.05) is 37.8 Å². The lowest BCUT2D eigenvalue weighted by atomic mass is 9.93. The molecular weight excluding hydrogens is 306 g/mol. The van der Waals surface area contributed by atoms with Crippen LogP contribution in [0.2, 0.25) is 0 Å². The number of piperidine rings is 1. The predicted octanol–water partition coefficient (Wildman–Crippen LogP) is 2.09. The van der Waals surface area contributed by atoms with E-state index in [9.17, 15) is 9.59 Å². The van der Waals surface area contributed by atoms with Crippen molar-refractivity contribution in [1.82, 2.24) is 20.1 Å². The molecule has 0 radical (unpaired) electrons. The van der Waals surface area contributed by atoms with Gasteiger partial charge < -0.3 is 10.2 Å². The van der Waals surface area contributed by atoms with Gasteiger partial charge in [0.05, 0.1) is 23.1 Å². The fourth-order valence-electron chi connectivity index (χ4n) is 3.07. The normalized spacial score (nSPS) is 17.6. The van der Waals surface area contributed by atoms with Crippen LogP contribution in [0.5, 0.6) is 0 Å². The molecule has 7 heteroatoms. The fourth-order valence-corrected chi connectivity index (χ4v) is 3.07. The molecule has 1 atom stereocenters. The number of aromatic amines is 1. The number of H-pyrrole nitrogens is 1. The molecule has 0 saturated carbocycles. The third-order valence-electron chi connectivity index (χ3n) is 4.25. The molecule has 2 aromatic heterocycles. The van der Waals surface area contributed by atoms with Gasteiger partial charge in [0.1, 0.15) is 0 Å². The SMILES string of the molecule is CC(=O)Nc1cn[nH]c1C1CCCN(C(=O)c2ccc(C)nc2)C1. The second-order valence-electron chi connectivity index (χ2n) is 6.16. The molecule has 1 saturated heterocycles. The maximum Gasteiger partial charge on any atom is 0.255 e. The number of carbonyl (C=O) groups excluding carboxylic acids is 2. The van der Waals surface area contributed by atoms with Gasteiger partial charge in [0.25, 0.3) is 5.91 Å². The first-order valence-corrected chi connectivity index (χ1v) is 8.07. The molecule has 7 nitrogen and oxygen atoms in total. The molecular formula is C17H21N5O2. The Kier molecular flexibility index (Phi) is 4.59. The molecule has 1 aliphatic rings.